The highest BCUT2D eigenvalue weighted by Gasteiger charge is 2.19. The number of carbonyl (C=O) groups is 3. The van der Waals surface area contributed by atoms with Gasteiger partial charge in [-0.05, 0) is 70.6 Å². The van der Waals surface area contributed by atoms with Crippen LogP contribution in [0.4, 0.5) is 0 Å². The summed E-state index contributed by atoms with van der Waals surface area (Å²) < 4.78 is 17.0. The first-order chi connectivity index (χ1) is 39.5. The monoisotopic (exact) mass is 1120 g/mol. The Morgan fingerprint density at radius 2 is 0.475 bits per heavy atom. The van der Waals surface area contributed by atoms with E-state index in [1.807, 2.05) is 0 Å². The number of allylic oxidation sites excluding steroid dienone is 6. The average molecular weight is 1120 g/mol. The van der Waals surface area contributed by atoms with Crippen molar-refractivity contribution in [2.45, 2.75) is 406 Å². The van der Waals surface area contributed by atoms with Crippen LogP contribution in [0.5, 0.6) is 0 Å². The molecule has 0 aliphatic carbocycles. The Morgan fingerprint density at radius 3 is 0.750 bits per heavy atom. The van der Waals surface area contributed by atoms with E-state index in [0.717, 1.165) is 83.5 Å². The summed E-state index contributed by atoms with van der Waals surface area (Å²) in [6.07, 6.45) is 86.1. The Labute approximate surface area is 499 Å². The quantitative estimate of drug-likeness (QED) is 0.0261. The Hall–Kier alpha value is -2.37. The van der Waals surface area contributed by atoms with Gasteiger partial charge in [0.05, 0.1) is 0 Å². The lowest BCUT2D eigenvalue weighted by Gasteiger charge is -2.18. The molecule has 1 unspecified atom stereocenters. The van der Waals surface area contributed by atoms with E-state index in [1.165, 1.54) is 276 Å². The lowest BCUT2D eigenvalue weighted by atomic mass is 10.0. The first-order valence-corrected chi connectivity index (χ1v) is 36.0. The summed E-state index contributed by atoms with van der Waals surface area (Å²) in [6.45, 7) is 6.64. The van der Waals surface area contributed by atoms with Crippen LogP contribution >= 0.6 is 0 Å². The molecule has 0 fully saturated rings. The molecule has 1 atom stereocenters. The summed E-state index contributed by atoms with van der Waals surface area (Å²) in [5.41, 5.74) is 0. The predicted octanol–water partition coefficient (Wildman–Crippen LogP) is 24.7. The zero-order valence-electron chi connectivity index (χ0n) is 54.1. The molecule has 0 N–H and O–H groups in total. The molecule has 6 heteroatoms. The molecule has 0 rings (SSSR count). The van der Waals surface area contributed by atoms with Crippen molar-refractivity contribution in [1.29, 1.82) is 0 Å². The van der Waals surface area contributed by atoms with Gasteiger partial charge in [-0.2, -0.15) is 0 Å². The fraction of sp³-hybridized carbons (Fsp3) is 0.878. The Bertz CT molecular complexity index is 1340. The zero-order chi connectivity index (χ0) is 57.8. The summed E-state index contributed by atoms with van der Waals surface area (Å²) in [5, 5.41) is 0. The van der Waals surface area contributed by atoms with Crippen LogP contribution in [0, 0.1) is 0 Å². The molecule has 0 aromatic heterocycles. The lowest BCUT2D eigenvalue weighted by molar-refractivity contribution is -0.167. The van der Waals surface area contributed by atoms with Crippen LogP contribution in [-0.2, 0) is 28.6 Å². The van der Waals surface area contributed by atoms with Gasteiger partial charge in [0.2, 0.25) is 0 Å². The summed E-state index contributed by atoms with van der Waals surface area (Å²) in [7, 11) is 0. The van der Waals surface area contributed by atoms with Crippen molar-refractivity contribution >= 4 is 17.9 Å². The minimum atomic E-state index is -0.776. The third-order valence-corrected chi connectivity index (χ3v) is 16.3. The van der Waals surface area contributed by atoms with Crippen molar-refractivity contribution in [1.82, 2.24) is 0 Å². The third-order valence-electron chi connectivity index (χ3n) is 16.3. The molecule has 0 heterocycles. The van der Waals surface area contributed by atoms with E-state index < -0.39 is 6.10 Å². The molecule has 0 bridgehead atoms. The van der Waals surface area contributed by atoms with Crippen LogP contribution in [-0.4, -0.2) is 37.2 Å². The van der Waals surface area contributed by atoms with Gasteiger partial charge in [0.1, 0.15) is 13.2 Å². The second-order valence-corrected chi connectivity index (χ2v) is 24.5. The molecule has 470 valence electrons. The summed E-state index contributed by atoms with van der Waals surface area (Å²) >= 11 is 0. The molecular formula is C74H138O6. The van der Waals surface area contributed by atoms with Gasteiger partial charge in [-0.25, -0.2) is 0 Å². The van der Waals surface area contributed by atoms with Crippen molar-refractivity contribution in [3.8, 4) is 0 Å². The highest BCUT2D eigenvalue weighted by atomic mass is 16.6. The van der Waals surface area contributed by atoms with Gasteiger partial charge in [0.25, 0.3) is 0 Å². The fourth-order valence-corrected chi connectivity index (χ4v) is 11.0. The molecule has 0 aliphatic rings. The second-order valence-electron chi connectivity index (χ2n) is 24.5. The SMILES string of the molecule is CCC/C=C\C/C=C\CCCCCCCC(=O)OCC(COC(=O)CCCCCCCCCCCCCCCCC/C=C\CCCCCCCCCC)OC(=O)CCCCCCCCCCCCCCCCCCCCCCCC. The van der Waals surface area contributed by atoms with Gasteiger partial charge in [-0.1, -0.05) is 346 Å². The Kier molecular flexibility index (Phi) is 67.1. The minimum absolute atomic E-state index is 0.0714. The molecule has 0 amide bonds. The number of unbranched alkanes of at least 4 members (excludes halogenated alkanes) is 50. The van der Waals surface area contributed by atoms with E-state index in [2.05, 4.69) is 57.2 Å². The van der Waals surface area contributed by atoms with E-state index >= 15 is 0 Å². The summed E-state index contributed by atoms with van der Waals surface area (Å²) in [4.78, 5) is 38.4. The molecule has 0 spiro atoms. The van der Waals surface area contributed by atoms with Crippen LogP contribution in [0.1, 0.15) is 400 Å². The molecule has 0 saturated heterocycles. The van der Waals surface area contributed by atoms with E-state index in [4.69, 9.17) is 14.2 Å². The largest absolute Gasteiger partial charge is 0.462 e. The van der Waals surface area contributed by atoms with Crippen LogP contribution in [0.25, 0.3) is 0 Å². The fourth-order valence-electron chi connectivity index (χ4n) is 11.0. The summed E-state index contributed by atoms with van der Waals surface area (Å²) in [5.74, 6) is -0.857. The molecular weight excluding hydrogens is 985 g/mol. The first-order valence-electron chi connectivity index (χ1n) is 36.0. The zero-order valence-corrected chi connectivity index (χ0v) is 54.1. The first kappa shape index (κ1) is 77.6. The van der Waals surface area contributed by atoms with E-state index in [9.17, 15) is 14.4 Å². The molecule has 0 saturated carbocycles. The lowest BCUT2D eigenvalue weighted by Crippen LogP contribution is -2.30. The topological polar surface area (TPSA) is 78.9 Å². The maximum Gasteiger partial charge on any atom is 0.306 e. The molecule has 0 aromatic carbocycles. The van der Waals surface area contributed by atoms with Gasteiger partial charge in [0.15, 0.2) is 6.10 Å². The number of carbonyl (C=O) groups excluding carboxylic acids is 3. The van der Waals surface area contributed by atoms with E-state index in [1.54, 1.807) is 0 Å². The number of rotatable bonds is 67. The highest BCUT2D eigenvalue weighted by molar-refractivity contribution is 5.71. The third kappa shape index (κ3) is 66.4. The van der Waals surface area contributed by atoms with Crippen molar-refractivity contribution in [2.75, 3.05) is 13.2 Å². The molecule has 80 heavy (non-hydrogen) atoms. The molecule has 0 aliphatic heterocycles. The van der Waals surface area contributed by atoms with Crippen LogP contribution in [0.15, 0.2) is 36.5 Å². The van der Waals surface area contributed by atoms with E-state index in [-0.39, 0.29) is 31.1 Å². The standard InChI is InChI=1S/C74H138O6/c1-4-7-10-13-16-19-22-25-27-29-31-33-35-36-37-38-39-41-42-44-46-49-52-55-58-61-64-67-73(76)79-70-71(69-78-72(75)66-63-60-57-54-51-48-24-21-18-15-12-9-6-3)80-74(77)68-65-62-59-56-53-50-47-45-43-40-34-32-30-28-26-23-20-17-14-11-8-5-2/h12,15,21,24,29,31,71H,4-11,13-14,16-20,22-23,25-28,30,32-70H2,1-3H3/b15-12-,24-21-,31-29-. The number of hydrogen-bond donors (Lipinski definition) is 0. The normalized spacial score (nSPS) is 12.2. The van der Waals surface area contributed by atoms with Gasteiger partial charge in [0, 0.05) is 19.3 Å². The average Bonchev–Trinajstić information content (AvgIpc) is 3.46. The molecule has 0 radical (unpaired) electrons. The van der Waals surface area contributed by atoms with Gasteiger partial charge in [-0.3, -0.25) is 14.4 Å². The highest BCUT2D eigenvalue weighted by Crippen LogP contribution is 2.19. The molecule has 6 nitrogen and oxygen atoms in total. The minimum Gasteiger partial charge on any atom is -0.462 e. The predicted molar refractivity (Wildman–Crippen MR) is 349 cm³/mol. The van der Waals surface area contributed by atoms with Crippen molar-refractivity contribution in [3.63, 3.8) is 0 Å². The second kappa shape index (κ2) is 69.1. The molecule has 0 aromatic rings. The van der Waals surface area contributed by atoms with Crippen LogP contribution < -0.4 is 0 Å². The maximum atomic E-state index is 13.0. The maximum absolute atomic E-state index is 13.0. The van der Waals surface area contributed by atoms with Crippen LogP contribution in [0.3, 0.4) is 0 Å². The Balaban J connectivity index is 4.20. The van der Waals surface area contributed by atoms with Gasteiger partial charge in [-0.15, -0.1) is 0 Å². The van der Waals surface area contributed by atoms with Crippen molar-refractivity contribution in [2.24, 2.45) is 0 Å². The van der Waals surface area contributed by atoms with Gasteiger partial charge >= 0.3 is 17.9 Å². The van der Waals surface area contributed by atoms with Gasteiger partial charge < -0.3 is 14.2 Å². The number of esters is 3. The van der Waals surface area contributed by atoms with E-state index in [0.29, 0.717) is 19.3 Å². The number of ether oxygens (including phenoxy) is 3. The van der Waals surface area contributed by atoms with Crippen molar-refractivity contribution < 1.29 is 28.6 Å². The summed E-state index contributed by atoms with van der Waals surface area (Å²) in [6, 6.07) is 0. The van der Waals surface area contributed by atoms with Crippen molar-refractivity contribution in [3.05, 3.63) is 36.5 Å². The van der Waals surface area contributed by atoms with Crippen LogP contribution in [0.2, 0.25) is 0 Å². The smallest absolute Gasteiger partial charge is 0.306 e. The Morgan fingerprint density at radius 1 is 0.250 bits per heavy atom. The number of hydrogen-bond acceptors (Lipinski definition) is 6.